The van der Waals surface area contributed by atoms with Crippen LogP contribution in [-0.2, 0) is 4.79 Å². The molecule has 2 aromatic heterocycles. The summed E-state index contributed by atoms with van der Waals surface area (Å²) in [5.74, 6) is 6.67. The maximum Gasteiger partial charge on any atom is 0.242 e. The summed E-state index contributed by atoms with van der Waals surface area (Å²) in [6.07, 6.45) is 0. The molecule has 6 nitrogen and oxygen atoms in total. The van der Waals surface area contributed by atoms with Crippen LogP contribution >= 0.6 is 23.1 Å². The van der Waals surface area contributed by atoms with Gasteiger partial charge in [-0.2, -0.15) is 0 Å². The highest BCUT2D eigenvalue weighted by atomic mass is 32.2. The molecule has 0 saturated carbocycles. The highest BCUT2D eigenvalue weighted by molar-refractivity contribution is 8.00. The van der Waals surface area contributed by atoms with E-state index in [2.05, 4.69) is 15.5 Å². The lowest BCUT2D eigenvalue weighted by atomic mass is 10.1. The van der Waals surface area contributed by atoms with E-state index in [0.29, 0.717) is 11.0 Å². The van der Waals surface area contributed by atoms with Gasteiger partial charge in [0.15, 0.2) is 5.82 Å². The van der Waals surface area contributed by atoms with E-state index in [-0.39, 0.29) is 5.91 Å². The first-order chi connectivity index (χ1) is 14.1. The number of nitrogens with two attached hydrogens (primary N) is 1. The molecular formula is C21H19N5OS2. The second kappa shape index (κ2) is 8.50. The number of amides is 1. The van der Waals surface area contributed by atoms with E-state index in [4.69, 9.17) is 5.84 Å². The summed E-state index contributed by atoms with van der Waals surface area (Å²) in [6.45, 7) is 2.01. The Morgan fingerprint density at radius 3 is 2.52 bits per heavy atom. The molecule has 146 valence electrons. The molecule has 2 aromatic carbocycles. The maximum absolute atomic E-state index is 13.1. The van der Waals surface area contributed by atoms with Crippen LogP contribution in [0.2, 0.25) is 0 Å². The summed E-state index contributed by atoms with van der Waals surface area (Å²) in [5.41, 5.74) is 2.74. The van der Waals surface area contributed by atoms with E-state index in [1.54, 1.807) is 0 Å². The SMILES string of the molecule is Cc1ccc(NC(=O)[C@@H](Sc2nnc(-c3cccs3)n2N)c2ccccc2)cc1. The Bertz CT molecular complexity index is 1090. The van der Waals surface area contributed by atoms with Gasteiger partial charge < -0.3 is 11.2 Å². The molecule has 0 aliphatic rings. The number of aromatic nitrogens is 3. The van der Waals surface area contributed by atoms with Crippen molar-refractivity contribution in [1.29, 1.82) is 0 Å². The van der Waals surface area contributed by atoms with Crippen molar-refractivity contribution in [3.8, 4) is 10.7 Å². The predicted molar refractivity (Wildman–Crippen MR) is 118 cm³/mol. The molecule has 0 radical (unpaired) electrons. The molecule has 2 heterocycles. The van der Waals surface area contributed by atoms with Crippen LogP contribution in [0.4, 0.5) is 5.69 Å². The molecule has 3 N–H and O–H groups in total. The molecule has 0 unspecified atom stereocenters. The lowest BCUT2D eigenvalue weighted by Crippen LogP contribution is -2.20. The van der Waals surface area contributed by atoms with Gasteiger partial charge in [0.2, 0.25) is 11.1 Å². The highest BCUT2D eigenvalue weighted by Crippen LogP contribution is 2.36. The molecule has 0 bridgehead atoms. The average molecular weight is 422 g/mol. The van der Waals surface area contributed by atoms with Crippen LogP contribution in [0.15, 0.2) is 77.3 Å². The largest absolute Gasteiger partial charge is 0.335 e. The fraction of sp³-hybridized carbons (Fsp3) is 0.0952. The van der Waals surface area contributed by atoms with Crippen LogP contribution < -0.4 is 11.2 Å². The molecule has 29 heavy (non-hydrogen) atoms. The van der Waals surface area contributed by atoms with Crippen molar-refractivity contribution in [3.63, 3.8) is 0 Å². The van der Waals surface area contributed by atoms with E-state index < -0.39 is 5.25 Å². The number of thioether (sulfide) groups is 1. The number of carbonyl (C=O) groups excluding carboxylic acids is 1. The maximum atomic E-state index is 13.1. The molecule has 4 aromatic rings. The predicted octanol–water partition coefficient (Wildman–Crippen LogP) is 4.50. The molecule has 0 aliphatic carbocycles. The summed E-state index contributed by atoms with van der Waals surface area (Å²) in [4.78, 5) is 14.0. The number of rotatable bonds is 6. The minimum Gasteiger partial charge on any atom is -0.335 e. The lowest BCUT2D eigenvalue weighted by molar-refractivity contribution is -0.115. The standard InChI is InChI=1S/C21H19N5OS2/c1-14-9-11-16(12-10-14)23-20(27)18(15-6-3-2-4-7-15)29-21-25-24-19(26(21)22)17-8-5-13-28-17/h2-13,18H,22H2,1H3,(H,23,27)/t18-/m0/s1. The Kier molecular flexibility index (Phi) is 5.64. The smallest absolute Gasteiger partial charge is 0.242 e. The number of thiophene rings is 1. The van der Waals surface area contributed by atoms with Crippen LogP contribution in [0, 0.1) is 6.92 Å². The van der Waals surface area contributed by atoms with E-state index in [1.807, 2.05) is 79.0 Å². The second-order valence-electron chi connectivity index (χ2n) is 6.42. The molecule has 4 rings (SSSR count). The van der Waals surface area contributed by atoms with Crippen LogP contribution in [-0.4, -0.2) is 20.8 Å². The van der Waals surface area contributed by atoms with Crippen molar-refractivity contribution in [2.45, 2.75) is 17.3 Å². The van der Waals surface area contributed by atoms with Crippen LogP contribution in [0.25, 0.3) is 10.7 Å². The molecule has 1 atom stereocenters. The Hall–Kier alpha value is -3.10. The quantitative estimate of drug-likeness (QED) is 0.354. The first-order valence-corrected chi connectivity index (χ1v) is 10.7. The first-order valence-electron chi connectivity index (χ1n) is 8.95. The summed E-state index contributed by atoms with van der Waals surface area (Å²) < 4.78 is 1.44. The molecule has 8 heteroatoms. The highest BCUT2D eigenvalue weighted by Gasteiger charge is 2.26. The van der Waals surface area contributed by atoms with Crippen molar-refractivity contribution >= 4 is 34.7 Å². The number of aryl methyl sites for hydroxylation is 1. The van der Waals surface area contributed by atoms with Gasteiger partial charge in [-0.25, -0.2) is 4.68 Å². The lowest BCUT2D eigenvalue weighted by Gasteiger charge is -2.16. The monoisotopic (exact) mass is 421 g/mol. The number of hydrogen-bond acceptors (Lipinski definition) is 6. The number of carbonyl (C=O) groups is 1. The van der Waals surface area contributed by atoms with Gasteiger partial charge in [0.1, 0.15) is 5.25 Å². The Labute approximate surface area is 176 Å². The normalized spacial score (nSPS) is 11.9. The topological polar surface area (TPSA) is 85.8 Å². The van der Waals surface area contributed by atoms with E-state index in [1.165, 1.54) is 27.8 Å². The van der Waals surface area contributed by atoms with Crippen molar-refractivity contribution in [2.24, 2.45) is 0 Å². The van der Waals surface area contributed by atoms with Crippen molar-refractivity contribution in [3.05, 3.63) is 83.2 Å². The van der Waals surface area contributed by atoms with Crippen molar-refractivity contribution in [2.75, 3.05) is 11.2 Å². The van der Waals surface area contributed by atoms with E-state index in [9.17, 15) is 4.79 Å². The molecule has 0 fully saturated rings. The zero-order valence-corrected chi connectivity index (χ0v) is 17.3. The van der Waals surface area contributed by atoms with Gasteiger partial charge in [0.05, 0.1) is 4.88 Å². The van der Waals surface area contributed by atoms with Gasteiger partial charge in [-0.3, -0.25) is 4.79 Å². The molecule has 1 amide bonds. The van der Waals surface area contributed by atoms with Crippen LogP contribution in [0.5, 0.6) is 0 Å². The summed E-state index contributed by atoms with van der Waals surface area (Å²) in [6, 6.07) is 21.2. The third kappa shape index (κ3) is 4.33. The molecule has 0 aliphatic heterocycles. The number of nitrogen functional groups attached to an aromatic ring is 1. The third-order valence-electron chi connectivity index (χ3n) is 4.29. The second-order valence-corrected chi connectivity index (χ2v) is 8.44. The van der Waals surface area contributed by atoms with Gasteiger partial charge in [0.25, 0.3) is 0 Å². The average Bonchev–Trinajstić information content (AvgIpc) is 3.38. The zero-order chi connectivity index (χ0) is 20.2. The van der Waals surface area contributed by atoms with Gasteiger partial charge in [-0.05, 0) is 36.1 Å². The van der Waals surface area contributed by atoms with Gasteiger partial charge in [0, 0.05) is 5.69 Å². The molecular weight excluding hydrogens is 402 g/mol. The minimum absolute atomic E-state index is 0.147. The van der Waals surface area contributed by atoms with Crippen molar-refractivity contribution < 1.29 is 4.79 Å². The Balaban J connectivity index is 1.61. The van der Waals surface area contributed by atoms with E-state index >= 15 is 0 Å². The summed E-state index contributed by atoms with van der Waals surface area (Å²) in [5, 5.41) is 13.3. The Morgan fingerprint density at radius 1 is 1.07 bits per heavy atom. The Morgan fingerprint density at radius 2 is 1.83 bits per heavy atom. The van der Waals surface area contributed by atoms with Gasteiger partial charge >= 0.3 is 0 Å². The zero-order valence-electron chi connectivity index (χ0n) is 15.6. The fourth-order valence-corrected chi connectivity index (χ4v) is 4.45. The summed E-state index contributed by atoms with van der Waals surface area (Å²) >= 11 is 2.81. The summed E-state index contributed by atoms with van der Waals surface area (Å²) in [7, 11) is 0. The van der Waals surface area contributed by atoms with Crippen LogP contribution in [0.3, 0.4) is 0 Å². The number of benzene rings is 2. The van der Waals surface area contributed by atoms with Gasteiger partial charge in [-0.15, -0.1) is 21.5 Å². The molecule has 0 saturated heterocycles. The first kappa shape index (κ1) is 19.2. The third-order valence-corrected chi connectivity index (χ3v) is 6.37. The number of anilines is 1. The fourth-order valence-electron chi connectivity index (χ4n) is 2.78. The number of nitrogens with zero attached hydrogens (tertiary/aromatic N) is 3. The number of nitrogens with one attached hydrogen (secondary N) is 1. The number of hydrogen-bond donors (Lipinski definition) is 2. The van der Waals surface area contributed by atoms with Crippen molar-refractivity contribution in [1.82, 2.24) is 14.9 Å². The van der Waals surface area contributed by atoms with E-state index in [0.717, 1.165) is 21.7 Å². The molecule has 0 spiro atoms. The minimum atomic E-state index is -0.528. The van der Waals surface area contributed by atoms with Crippen LogP contribution in [0.1, 0.15) is 16.4 Å². The van der Waals surface area contributed by atoms with Gasteiger partial charge in [-0.1, -0.05) is 65.9 Å².